The van der Waals surface area contributed by atoms with Gasteiger partial charge in [0.05, 0.1) is 13.7 Å². The molecule has 0 aliphatic heterocycles. The van der Waals surface area contributed by atoms with Crippen molar-refractivity contribution in [2.45, 2.75) is 12.5 Å². The molecule has 1 unspecified atom stereocenters. The van der Waals surface area contributed by atoms with Crippen molar-refractivity contribution in [3.8, 4) is 5.75 Å². The molecule has 2 aromatic rings. The number of benzene rings is 2. The van der Waals surface area contributed by atoms with Crippen LogP contribution in [0.2, 0.25) is 0 Å². The predicted octanol–water partition coefficient (Wildman–Crippen LogP) is 2.75. The van der Waals surface area contributed by atoms with Gasteiger partial charge >= 0.3 is 0 Å². The molecule has 0 saturated carbocycles. The summed E-state index contributed by atoms with van der Waals surface area (Å²) in [4.78, 5) is 4.23. The zero-order valence-corrected chi connectivity index (χ0v) is 16.9. The molecule has 25 heavy (non-hydrogen) atoms. The van der Waals surface area contributed by atoms with E-state index < -0.39 is 0 Å². The van der Waals surface area contributed by atoms with Crippen LogP contribution in [-0.2, 0) is 6.54 Å². The molecule has 0 saturated heterocycles. The Morgan fingerprint density at radius 1 is 1.12 bits per heavy atom. The average molecular weight is 455 g/mol. The molecule has 0 fully saturated rings. The fourth-order valence-corrected chi connectivity index (χ4v) is 2.42. The number of ether oxygens (including phenoxy) is 1. The minimum Gasteiger partial charge on any atom is -0.497 e. The number of nitrogens with zero attached hydrogens (tertiary/aromatic N) is 1. The first-order valence-electron chi connectivity index (χ1n) is 8.00. The molecular formula is C19H26IN3O2. The number of rotatable bonds is 7. The van der Waals surface area contributed by atoms with Crippen molar-refractivity contribution < 1.29 is 9.84 Å². The Morgan fingerprint density at radius 2 is 1.88 bits per heavy atom. The first-order valence-corrected chi connectivity index (χ1v) is 8.00. The number of aliphatic hydroxyl groups excluding tert-OH is 1. The van der Waals surface area contributed by atoms with Crippen molar-refractivity contribution in [1.82, 2.24) is 10.6 Å². The lowest BCUT2D eigenvalue weighted by atomic mass is 10.0. The van der Waals surface area contributed by atoms with Gasteiger partial charge in [0.1, 0.15) is 5.75 Å². The molecule has 6 heteroatoms. The summed E-state index contributed by atoms with van der Waals surface area (Å²) in [7, 11) is 3.39. The van der Waals surface area contributed by atoms with Gasteiger partial charge < -0.3 is 20.5 Å². The van der Waals surface area contributed by atoms with Crippen LogP contribution < -0.4 is 15.4 Å². The molecule has 2 rings (SSSR count). The van der Waals surface area contributed by atoms with Gasteiger partial charge in [-0.15, -0.1) is 24.0 Å². The number of aliphatic imine (C=N–C) groups is 1. The van der Waals surface area contributed by atoms with Crippen LogP contribution in [0.25, 0.3) is 0 Å². The number of aliphatic hydroxyl groups is 1. The average Bonchev–Trinajstić information content (AvgIpc) is 2.65. The van der Waals surface area contributed by atoms with Crippen LogP contribution in [0, 0.1) is 0 Å². The second-order valence-electron chi connectivity index (χ2n) is 5.45. The maximum absolute atomic E-state index is 9.62. The molecular weight excluding hydrogens is 429 g/mol. The lowest BCUT2D eigenvalue weighted by Gasteiger charge is -2.18. The van der Waals surface area contributed by atoms with E-state index in [1.54, 1.807) is 14.2 Å². The van der Waals surface area contributed by atoms with E-state index in [0.29, 0.717) is 19.0 Å². The third kappa shape index (κ3) is 6.91. The number of guanidine groups is 1. The van der Waals surface area contributed by atoms with Gasteiger partial charge in [-0.1, -0.05) is 42.5 Å². The molecule has 0 radical (unpaired) electrons. The standard InChI is InChI=1S/C19H25N3O2.HI/c1-20-19(21-12-15-7-6-10-18(11-15)24-2)22-13-17(14-23)16-8-4-3-5-9-16;/h3-11,17,23H,12-14H2,1-2H3,(H2,20,21,22);1H. The lowest BCUT2D eigenvalue weighted by molar-refractivity contribution is 0.265. The number of halogens is 1. The summed E-state index contributed by atoms with van der Waals surface area (Å²) in [5, 5.41) is 16.2. The molecule has 3 N–H and O–H groups in total. The van der Waals surface area contributed by atoms with Crippen LogP contribution in [0.3, 0.4) is 0 Å². The van der Waals surface area contributed by atoms with Crippen molar-refractivity contribution in [1.29, 1.82) is 0 Å². The van der Waals surface area contributed by atoms with E-state index in [-0.39, 0.29) is 36.5 Å². The smallest absolute Gasteiger partial charge is 0.191 e. The Hall–Kier alpha value is -1.80. The summed E-state index contributed by atoms with van der Waals surface area (Å²) in [5.74, 6) is 1.57. The third-order valence-corrected chi connectivity index (χ3v) is 3.82. The highest BCUT2D eigenvalue weighted by Gasteiger charge is 2.10. The number of hydrogen-bond donors (Lipinski definition) is 3. The van der Waals surface area contributed by atoms with Crippen LogP contribution in [0.5, 0.6) is 5.75 Å². The summed E-state index contributed by atoms with van der Waals surface area (Å²) in [6, 6.07) is 17.9. The number of methoxy groups -OCH3 is 1. The summed E-state index contributed by atoms with van der Waals surface area (Å²) in [6.45, 7) is 1.34. The summed E-state index contributed by atoms with van der Waals surface area (Å²) >= 11 is 0. The molecule has 0 aliphatic carbocycles. The first kappa shape index (κ1) is 21.2. The van der Waals surface area contributed by atoms with Gasteiger partial charge in [-0.3, -0.25) is 4.99 Å². The van der Waals surface area contributed by atoms with Crippen LogP contribution in [-0.4, -0.2) is 38.4 Å². The summed E-state index contributed by atoms with van der Waals surface area (Å²) < 4.78 is 5.23. The van der Waals surface area contributed by atoms with Crippen molar-refractivity contribution in [2.24, 2.45) is 4.99 Å². The SMILES string of the molecule is CN=C(NCc1cccc(OC)c1)NCC(CO)c1ccccc1.I. The van der Waals surface area contributed by atoms with Gasteiger partial charge in [0.15, 0.2) is 5.96 Å². The van der Waals surface area contributed by atoms with E-state index in [1.165, 1.54) is 0 Å². The van der Waals surface area contributed by atoms with Gasteiger partial charge in [0.2, 0.25) is 0 Å². The predicted molar refractivity (Wildman–Crippen MR) is 113 cm³/mol. The molecule has 5 nitrogen and oxygen atoms in total. The highest BCUT2D eigenvalue weighted by Crippen LogP contribution is 2.14. The van der Waals surface area contributed by atoms with E-state index >= 15 is 0 Å². The quantitative estimate of drug-likeness (QED) is 0.342. The Morgan fingerprint density at radius 3 is 2.52 bits per heavy atom. The minimum absolute atomic E-state index is 0. The Balaban J connectivity index is 0.00000312. The monoisotopic (exact) mass is 455 g/mol. The van der Waals surface area contributed by atoms with Crippen LogP contribution in [0.15, 0.2) is 59.6 Å². The normalized spacial score (nSPS) is 12.0. The van der Waals surface area contributed by atoms with Gasteiger partial charge in [0.25, 0.3) is 0 Å². The molecule has 0 spiro atoms. The molecule has 0 bridgehead atoms. The zero-order chi connectivity index (χ0) is 17.2. The van der Waals surface area contributed by atoms with Gasteiger partial charge in [0, 0.05) is 26.1 Å². The fraction of sp³-hybridized carbons (Fsp3) is 0.316. The van der Waals surface area contributed by atoms with E-state index in [9.17, 15) is 5.11 Å². The van der Waals surface area contributed by atoms with Crippen LogP contribution in [0.4, 0.5) is 0 Å². The van der Waals surface area contributed by atoms with Crippen LogP contribution >= 0.6 is 24.0 Å². The number of hydrogen-bond acceptors (Lipinski definition) is 3. The van der Waals surface area contributed by atoms with Gasteiger partial charge in [-0.05, 0) is 23.3 Å². The van der Waals surface area contributed by atoms with Crippen molar-refractivity contribution in [3.63, 3.8) is 0 Å². The highest BCUT2D eigenvalue weighted by atomic mass is 127. The minimum atomic E-state index is 0. The molecule has 0 aliphatic rings. The second-order valence-corrected chi connectivity index (χ2v) is 5.45. The molecule has 1 atom stereocenters. The molecule has 0 amide bonds. The molecule has 136 valence electrons. The topological polar surface area (TPSA) is 65.9 Å². The third-order valence-electron chi connectivity index (χ3n) is 3.82. The van der Waals surface area contributed by atoms with E-state index in [4.69, 9.17) is 4.74 Å². The first-order chi connectivity index (χ1) is 11.8. The van der Waals surface area contributed by atoms with E-state index in [0.717, 1.165) is 16.9 Å². The Kier molecular flexibility index (Phi) is 9.94. The molecule has 0 aromatic heterocycles. The van der Waals surface area contributed by atoms with Crippen molar-refractivity contribution in [2.75, 3.05) is 27.3 Å². The molecule has 0 heterocycles. The number of nitrogens with one attached hydrogen (secondary N) is 2. The second kappa shape index (κ2) is 11.7. The van der Waals surface area contributed by atoms with Crippen molar-refractivity contribution in [3.05, 3.63) is 65.7 Å². The van der Waals surface area contributed by atoms with Crippen molar-refractivity contribution >= 4 is 29.9 Å². The van der Waals surface area contributed by atoms with E-state index in [2.05, 4.69) is 15.6 Å². The lowest BCUT2D eigenvalue weighted by Crippen LogP contribution is -2.39. The van der Waals surface area contributed by atoms with Gasteiger partial charge in [-0.25, -0.2) is 0 Å². The van der Waals surface area contributed by atoms with Gasteiger partial charge in [-0.2, -0.15) is 0 Å². The summed E-state index contributed by atoms with van der Waals surface area (Å²) in [6.07, 6.45) is 0. The maximum Gasteiger partial charge on any atom is 0.191 e. The largest absolute Gasteiger partial charge is 0.497 e. The van der Waals surface area contributed by atoms with E-state index in [1.807, 2.05) is 54.6 Å². The Bertz CT molecular complexity index is 650. The maximum atomic E-state index is 9.62. The Labute approximate surface area is 166 Å². The fourth-order valence-electron chi connectivity index (χ4n) is 2.42. The summed E-state index contributed by atoms with van der Waals surface area (Å²) in [5.41, 5.74) is 2.22. The molecule has 2 aromatic carbocycles. The highest BCUT2D eigenvalue weighted by molar-refractivity contribution is 14.0. The zero-order valence-electron chi connectivity index (χ0n) is 14.6. The van der Waals surface area contributed by atoms with Crippen LogP contribution in [0.1, 0.15) is 17.0 Å².